The molecular weight excluding hydrogens is 266 g/mol. The molecule has 1 aromatic rings. The Kier molecular flexibility index (Phi) is 5.62. The second kappa shape index (κ2) is 7.46. The standard InChI is InChI=1S/C17H25NO3/c1-12(19)15-10-6-7-11-16(15)21-13(2)17(20)18-14-8-4-3-5-9-14/h6-7,10-14,19H,3-5,8-9H2,1-2H3,(H,18,20)/t12-,13?/m0/s1. The normalized spacial score (nSPS) is 18.8. The van der Waals surface area contributed by atoms with E-state index >= 15 is 0 Å². The molecule has 1 fully saturated rings. The van der Waals surface area contributed by atoms with Gasteiger partial charge in [-0.05, 0) is 32.8 Å². The van der Waals surface area contributed by atoms with Crippen LogP contribution in [0.4, 0.5) is 0 Å². The van der Waals surface area contributed by atoms with Crippen LogP contribution in [0.25, 0.3) is 0 Å². The van der Waals surface area contributed by atoms with Crippen molar-refractivity contribution in [2.75, 3.05) is 0 Å². The van der Waals surface area contributed by atoms with Gasteiger partial charge >= 0.3 is 0 Å². The molecule has 1 unspecified atom stereocenters. The molecule has 0 bridgehead atoms. The summed E-state index contributed by atoms with van der Waals surface area (Å²) in [5, 5.41) is 12.8. The number of ether oxygens (including phenoxy) is 1. The summed E-state index contributed by atoms with van der Waals surface area (Å²) in [6, 6.07) is 7.57. The van der Waals surface area contributed by atoms with Crippen LogP contribution in [0.1, 0.15) is 57.6 Å². The van der Waals surface area contributed by atoms with Gasteiger partial charge in [-0.3, -0.25) is 4.79 Å². The van der Waals surface area contributed by atoms with Gasteiger partial charge in [0.25, 0.3) is 5.91 Å². The quantitative estimate of drug-likeness (QED) is 0.877. The molecule has 0 heterocycles. The van der Waals surface area contributed by atoms with Crippen molar-refractivity contribution in [3.05, 3.63) is 29.8 Å². The van der Waals surface area contributed by atoms with Gasteiger partial charge in [0.15, 0.2) is 6.10 Å². The first-order valence-corrected chi connectivity index (χ1v) is 7.82. The van der Waals surface area contributed by atoms with Crippen molar-refractivity contribution in [1.82, 2.24) is 5.32 Å². The number of benzene rings is 1. The molecule has 1 amide bonds. The van der Waals surface area contributed by atoms with Gasteiger partial charge in [0.2, 0.25) is 0 Å². The smallest absolute Gasteiger partial charge is 0.260 e. The fraction of sp³-hybridized carbons (Fsp3) is 0.588. The summed E-state index contributed by atoms with van der Waals surface area (Å²) < 4.78 is 5.74. The topological polar surface area (TPSA) is 58.6 Å². The number of aliphatic hydroxyl groups is 1. The van der Waals surface area contributed by atoms with E-state index in [1.807, 2.05) is 18.2 Å². The molecule has 4 nitrogen and oxygen atoms in total. The number of nitrogens with one attached hydrogen (secondary N) is 1. The number of carbonyl (C=O) groups is 1. The number of aliphatic hydroxyl groups excluding tert-OH is 1. The molecule has 116 valence electrons. The maximum atomic E-state index is 12.2. The van der Waals surface area contributed by atoms with E-state index in [4.69, 9.17) is 4.74 Å². The molecule has 0 spiro atoms. The SMILES string of the molecule is CC(Oc1ccccc1[C@H](C)O)C(=O)NC1CCCCC1. The van der Waals surface area contributed by atoms with Crippen LogP contribution in [0, 0.1) is 0 Å². The van der Waals surface area contributed by atoms with Crippen LogP contribution in [0.15, 0.2) is 24.3 Å². The van der Waals surface area contributed by atoms with E-state index < -0.39 is 12.2 Å². The molecule has 0 saturated heterocycles. The van der Waals surface area contributed by atoms with Crippen molar-refractivity contribution in [3.8, 4) is 5.75 Å². The highest BCUT2D eigenvalue weighted by molar-refractivity contribution is 5.81. The molecule has 0 aromatic heterocycles. The van der Waals surface area contributed by atoms with E-state index in [1.165, 1.54) is 19.3 Å². The molecule has 1 aromatic carbocycles. The van der Waals surface area contributed by atoms with E-state index in [1.54, 1.807) is 19.9 Å². The van der Waals surface area contributed by atoms with Crippen molar-refractivity contribution >= 4 is 5.91 Å². The van der Waals surface area contributed by atoms with E-state index in [2.05, 4.69) is 5.32 Å². The summed E-state index contributed by atoms with van der Waals surface area (Å²) in [7, 11) is 0. The van der Waals surface area contributed by atoms with Gasteiger partial charge in [0.05, 0.1) is 6.10 Å². The maximum absolute atomic E-state index is 12.2. The number of para-hydroxylation sites is 1. The van der Waals surface area contributed by atoms with Gasteiger partial charge < -0.3 is 15.2 Å². The summed E-state index contributed by atoms with van der Waals surface area (Å²) in [6.07, 6.45) is 4.57. The third-order valence-electron chi connectivity index (χ3n) is 3.99. The Morgan fingerprint density at radius 2 is 1.90 bits per heavy atom. The first-order chi connectivity index (χ1) is 10.1. The van der Waals surface area contributed by atoms with E-state index in [0.717, 1.165) is 12.8 Å². The Hall–Kier alpha value is -1.55. The fourth-order valence-electron chi connectivity index (χ4n) is 2.74. The van der Waals surface area contributed by atoms with Crippen LogP contribution >= 0.6 is 0 Å². The zero-order valence-electron chi connectivity index (χ0n) is 12.8. The third-order valence-corrected chi connectivity index (χ3v) is 3.99. The Balaban J connectivity index is 1.94. The summed E-state index contributed by atoms with van der Waals surface area (Å²) >= 11 is 0. The zero-order valence-corrected chi connectivity index (χ0v) is 12.8. The van der Waals surface area contributed by atoms with Crippen LogP contribution in [0.3, 0.4) is 0 Å². The molecule has 2 N–H and O–H groups in total. The van der Waals surface area contributed by atoms with E-state index in [-0.39, 0.29) is 11.9 Å². The second-order valence-electron chi connectivity index (χ2n) is 5.82. The van der Waals surface area contributed by atoms with Crippen molar-refractivity contribution in [2.45, 2.75) is 64.2 Å². The number of hydrogen-bond donors (Lipinski definition) is 2. The molecule has 1 aliphatic carbocycles. The van der Waals surface area contributed by atoms with Crippen molar-refractivity contribution in [3.63, 3.8) is 0 Å². The first-order valence-electron chi connectivity index (χ1n) is 7.82. The van der Waals surface area contributed by atoms with Gasteiger partial charge in [-0.1, -0.05) is 37.5 Å². The zero-order chi connectivity index (χ0) is 15.2. The maximum Gasteiger partial charge on any atom is 0.260 e. The lowest BCUT2D eigenvalue weighted by Gasteiger charge is -2.25. The van der Waals surface area contributed by atoms with Gasteiger partial charge in [0.1, 0.15) is 5.75 Å². The fourth-order valence-corrected chi connectivity index (χ4v) is 2.74. The number of carbonyl (C=O) groups excluding carboxylic acids is 1. The minimum Gasteiger partial charge on any atom is -0.481 e. The van der Waals surface area contributed by atoms with Gasteiger partial charge in [-0.15, -0.1) is 0 Å². The molecular formula is C17H25NO3. The number of amides is 1. The average molecular weight is 291 g/mol. The van der Waals surface area contributed by atoms with E-state index in [9.17, 15) is 9.90 Å². The van der Waals surface area contributed by atoms with Gasteiger partial charge in [-0.2, -0.15) is 0 Å². The van der Waals surface area contributed by atoms with E-state index in [0.29, 0.717) is 11.3 Å². The van der Waals surface area contributed by atoms with Gasteiger partial charge in [0, 0.05) is 11.6 Å². The van der Waals surface area contributed by atoms with Crippen LogP contribution in [-0.4, -0.2) is 23.2 Å². The lowest BCUT2D eigenvalue weighted by atomic mass is 9.95. The summed E-state index contributed by atoms with van der Waals surface area (Å²) in [5.41, 5.74) is 0.704. The van der Waals surface area contributed by atoms with Crippen molar-refractivity contribution < 1.29 is 14.6 Å². The minimum absolute atomic E-state index is 0.0812. The van der Waals surface area contributed by atoms with Crippen LogP contribution < -0.4 is 10.1 Å². The molecule has 1 saturated carbocycles. The average Bonchev–Trinajstić information content (AvgIpc) is 2.48. The number of rotatable bonds is 5. The molecule has 0 aliphatic heterocycles. The lowest BCUT2D eigenvalue weighted by Crippen LogP contribution is -2.43. The predicted octanol–water partition coefficient (Wildman–Crippen LogP) is 2.96. The molecule has 2 atom stereocenters. The molecule has 21 heavy (non-hydrogen) atoms. The van der Waals surface area contributed by atoms with Crippen LogP contribution in [0.5, 0.6) is 5.75 Å². The Bertz CT molecular complexity index is 467. The van der Waals surface area contributed by atoms with Gasteiger partial charge in [-0.25, -0.2) is 0 Å². The predicted molar refractivity (Wildman–Crippen MR) is 82.2 cm³/mol. The summed E-state index contributed by atoms with van der Waals surface area (Å²) in [6.45, 7) is 3.44. The Morgan fingerprint density at radius 1 is 1.24 bits per heavy atom. The molecule has 1 aliphatic rings. The van der Waals surface area contributed by atoms with Crippen molar-refractivity contribution in [2.24, 2.45) is 0 Å². The monoisotopic (exact) mass is 291 g/mol. The highest BCUT2D eigenvalue weighted by Crippen LogP contribution is 2.25. The molecule has 2 rings (SSSR count). The second-order valence-corrected chi connectivity index (χ2v) is 5.82. The first kappa shape index (κ1) is 15.8. The molecule has 4 heteroatoms. The lowest BCUT2D eigenvalue weighted by molar-refractivity contribution is -0.128. The Morgan fingerprint density at radius 3 is 2.57 bits per heavy atom. The van der Waals surface area contributed by atoms with Crippen LogP contribution in [0.2, 0.25) is 0 Å². The summed E-state index contributed by atoms with van der Waals surface area (Å²) in [5.74, 6) is 0.487. The molecule has 0 radical (unpaired) electrons. The summed E-state index contributed by atoms with van der Waals surface area (Å²) in [4.78, 5) is 12.2. The Labute approximate surface area is 126 Å². The number of hydrogen-bond acceptors (Lipinski definition) is 3. The highest BCUT2D eigenvalue weighted by atomic mass is 16.5. The van der Waals surface area contributed by atoms with Crippen LogP contribution in [-0.2, 0) is 4.79 Å². The largest absolute Gasteiger partial charge is 0.481 e. The van der Waals surface area contributed by atoms with Crippen molar-refractivity contribution in [1.29, 1.82) is 0 Å². The highest BCUT2D eigenvalue weighted by Gasteiger charge is 2.21. The third kappa shape index (κ3) is 4.46. The minimum atomic E-state index is -0.616.